The summed E-state index contributed by atoms with van der Waals surface area (Å²) in [5.41, 5.74) is -0.781. The summed E-state index contributed by atoms with van der Waals surface area (Å²) in [7, 11) is -7.13. The first-order chi connectivity index (χ1) is 12.3. The van der Waals surface area contributed by atoms with Crippen molar-refractivity contribution in [3.63, 3.8) is 0 Å². The van der Waals surface area contributed by atoms with E-state index in [1.807, 2.05) is 0 Å². The molecule has 1 aliphatic rings. The third-order valence-electron chi connectivity index (χ3n) is 3.50. The molecule has 5 N–H and O–H groups in total. The first kappa shape index (κ1) is 22.1. The zero-order valence-corrected chi connectivity index (χ0v) is 15.9. The molecule has 14 nitrogen and oxygen atoms in total. The van der Waals surface area contributed by atoms with Crippen LogP contribution in [-0.4, -0.2) is 73.5 Å². The smallest absolute Gasteiger partial charge is 0.387 e. The van der Waals surface area contributed by atoms with Crippen LogP contribution in [-0.2, 0) is 22.7 Å². The Morgan fingerprint density at radius 1 is 1.26 bits per heavy atom. The Kier molecular flexibility index (Phi) is 6.59. The second-order valence-electron chi connectivity index (χ2n) is 5.75. The summed E-state index contributed by atoms with van der Waals surface area (Å²) < 4.78 is 36.2. The molecule has 0 aliphatic carbocycles. The molecule has 2 heterocycles. The fourth-order valence-electron chi connectivity index (χ4n) is 2.27. The van der Waals surface area contributed by atoms with Crippen molar-refractivity contribution >= 4 is 21.5 Å². The second kappa shape index (κ2) is 8.05. The number of aromatic nitrogens is 2. The van der Waals surface area contributed by atoms with Gasteiger partial charge in [0.1, 0.15) is 24.1 Å². The van der Waals surface area contributed by atoms with Gasteiger partial charge in [-0.3, -0.25) is 9.09 Å². The van der Waals surface area contributed by atoms with E-state index in [4.69, 9.17) is 14.5 Å². The third kappa shape index (κ3) is 5.65. The van der Waals surface area contributed by atoms with E-state index in [9.17, 15) is 29.0 Å². The van der Waals surface area contributed by atoms with Crippen molar-refractivity contribution in [2.45, 2.75) is 24.5 Å². The normalized spacial score (nSPS) is 28.1. The van der Waals surface area contributed by atoms with E-state index in [1.165, 1.54) is 12.3 Å². The largest absolute Gasteiger partial charge is 0.481 e. The fraction of sp³-hybridized carbons (Fsp3) is 0.636. The van der Waals surface area contributed by atoms with Crippen molar-refractivity contribution in [1.29, 1.82) is 0 Å². The lowest BCUT2D eigenvalue weighted by molar-refractivity contribution is -0.0541. The van der Waals surface area contributed by atoms with Gasteiger partial charge >= 0.3 is 21.3 Å². The van der Waals surface area contributed by atoms with Crippen LogP contribution in [0.25, 0.3) is 0 Å². The van der Waals surface area contributed by atoms with Crippen molar-refractivity contribution in [2.75, 3.05) is 25.6 Å². The molecule has 3 unspecified atom stereocenters. The van der Waals surface area contributed by atoms with E-state index in [0.717, 1.165) is 4.57 Å². The summed E-state index contributed by atoms with van der Waals surface area (Å²) in [5.74, 6) is 0.347. The van der Waals surface area contributed by atoms with Gasteiger partial charge in [0.25, 0.3) is 0 Å². The average molecular weight is 431 g/mol. The van der Waals surface area contributed by atoms with Crippen LogP contribution in [0.4, 0.5) is 5.82 Å². The second-order valence-corrected chi connectivity index (χ2v) is 8.58. The number of aliphatic hydroxyl groups is 2. The van der Waals surface area contributed by atoms with Crippen LogP contribution in [0.5, 0.6) is 0 Å². The van der Waals surface area contributed by atoms with Gasteiger partial charge in [-0.05, 0) is 6.07 Å². The summed E-state index contributed by atoms with van der Waals surface area (Å²) in [4.78, 5) is 43.7. The van der Waals surface area contributed by atoms with E-state index >= 15 is 0 Å². The third-order valence-corrected chi connectivity index (χ3v) is 5.65. The molecule has 0 amide bonds. The number of aliphatic hydroxyl groups excluding tert-OH is 2. The minimum atomic E-state index is -5.30. The summed E-state index contributed by atoms with van der Waals surface area (Å²) >= 11 is 0. The standard InChI is InChI=1S/C11H19N3O11P2/c1-13(2)7-3-4-14(11(17)12-7)10-9(16)8(15)6(24-10)5-23-27(21,22)25-26(18,19)20/h3-4,6,8-10,15-16H,5H2,1-2H3,(H,21,22)(H2,18,19,20)/t6-,8?,9?,10-/m1/s1. The lowest BCUT2D eigenvalue weighted by atomic mass is 10.1. The molecule has 0 spiro atoms. The molecule has 154 valence electrons. The maximum absolute atomic E-state index is 12.1. The van der Waals surface area contributed by atoms with Crippen molar-refractivity contribution in [3.8, 4) is 0 Å². The highest BCUT2D eigenvalue weighted by Crippen LogP contribution is 2.57. The molecule has 1 aromatic rings. The van der Waals surface area contributed by atoms with Crippen molar-refractivity contribution in [2.24, 2.45) is 0 Å². The maximum Gasteiger partial charge on any atom is 0.481 e. The monoisotopic (exact) mass is 431 g/mol. The Bertz CT molecular complexity index is 824. The molecule has 2 rings (SSSR count). The van der Waals surface area contributed by atoms with E-state index in [-0.39, 0.29) is 0 Å². The van der Waals surface area contributed by atoms with Crippen molar-refractivity contribution < 1.29 is 47.6 Å². The Balaban J connectivity index is 2.11. The SMILES string of the molecule is CN(C)c1ccn([C@@H]2O[C@H](COP(=O)(O)OP(=O)(O)O)C(O)C2O)c(=O)n1. The van der Waals surface area contributed by atoms with E-state index < -0.39 is 52.5 Å². The molecule has 0 bridgehead atoms. The molecule has 1 fully saturated rings. The number of phosphoric ester groups is 1. The Hall–Kier alpha value is -1.18. The molecule has 0 saturated carbocycles. The van der Waals surface area contributed by atoms with Gasteiger partial charge in [0.15, 0.2) is 6.23 Å². The van der Waals surface area contributed by atoms with Gasteiger partial charge in [0.05, 0.1) is 6.61 Å². The molecule has 1 aliphatic heterocycles. The zero-order valence-electron chi connectivity index (χ0n) is 14.1. The van der Waals surface area contributed by atoms with Gasteiger partial charge in [-0.15, -0.1) is 0 Å². The van der Waals surface area contributed by atoms with Crippen LogP contribution in [0.15, 0.2) is 17.1 Å². The molecular formula is C11H19N3O11P2. The van der Waals surface area contributed by atoms with Crippen LogP contribution in [0, 0.1) is 0 Å². The molecule has 5 atom stereocenters. The number of hydrogen-bond acceptors (Lipinski definition) is 10. The van der Waals surface area contributed by atoms with Crippen LogP contribution in [0.3, 0.4) is 0 Å². The summed E-state index contributed by atoms with van der Waals surface area (Å²) in [5, 5.41) is 20.1. The van der Waals surface area contributed by atoms with Gasteiger partial charge in [0.2, 0.25) is 0 Å². The van der Waals surface area contributed by atoms with Crippen molar-refractivity contribution in [3.05, 3.63) is 22.7 Å². The molecule has 1 aromatic heterocycles. The fourth-order valence-corrected chi connectivity index (χ4v) is 3.87. The first-order valence-electron chi connectivity index (χ1n) is 7.33. The predicted octanol–water partition coefficient (Wildman–Crippen LogP) is -1.85. The zero-order chi connectivity index (χ0) is 20.6. The van der Waals surface area contributed by atoms with Gasteiger partial charge in [0, 0.05) is 20.3 Å². The number of phosphoric acid groups is 2. The van der Waals surface area contributed by atoms with Gasteiger partial charge in [-0.2, -0.15) is 9.29 Å². The lowest BCUT2D eigenvalue weighted by Gasteiger charge is -2.19. The summed E-state index contributed by atoms with van der Waals surface area (Å²) in [6.07, 6.45) is -4.73. The van der Waals surface area contributed by atoms with Crippen LogP contribution in [0.1, 0.15) is 6.23 Å². The summed E-state index contributed by atoms with van der Waals surface area (Å²) in [6, 6.07) is 1.46. The van der Waals surface area contributed by atoms with Crippen LogP contribution < -0.4 is 10.6 Å². The number of ether oxygens (including phenoxy) is 1. The average Bonchev–Trinajstić information content (AvgIpc) is 2.79. The highest BCUT2D eigenvalue weighted by atomic mass is 31.3. The lowest BCUT2D eigenvalue weighted by Crippen LogP contribution is -2.36. The topological polar surface area (TPSA) is 201 Å². The maximum atomic E-state index is 12.1. The van der Waals surface area contributed by atoms with Gasteiger partial charge in [-0.1, -0.05) is 0 Å². The Labute approximate surface area is 152 Å². The minimum absolute atomic E-state index is 0.347. The quantitative estimate of drug-likeness (QED) is 0.302. The minimum Gasteiger partial charge on any atom is -0.387 e. The first-order valence-corrected chi connectivity index (χ1v) is 10.4. The Morgan fingerprint density at radius 3 is 2.41 bits per heavy atom. The highest BCUT2D eigenvalue weighted by Gasteiger charge is 2.45. The van der Waals surface area contributed by atoms with Crippen LogP contribution >= 0.6 is 15.6 Å². The van der Waals surface area contributed by atoms with Gasteiger partial charge < -0.3 is 34.5 Å². The van der Waals surface area contributed by atoms with Crippen molar-refractivity contribution in [1.82, 2.24) is 9.55 Å². The molecule has 16 heteroatoms. The molecule has 27 heavy (non-hydrogen) atoms. The highest BCUT2D eigenvalue weighted by molar-refractivity contribution is 7.60. The van der Waals surface area contributed by atoms with E-state index in [1.54, 1.807) is 19.0 Å². The number of nitrogens with zero attached hydrogens (tertiary/aromatic N) is 3. The number of rotatable bonds is 7. The molecular weight excluding hydrogens is 412 g/mol. The van der Waals surface area contributed by atoms with Crippen LogP contribution in [0.2, 0.25) is 0 Å². The Morgan fingerprint density at radius 2 is 1.89 bits per heavy atom. The number of anilines is 1. The molecule has 0 radical (unpaired) electrons. The van der Waals surface area contributed by atoms with Gasteiger partial charge in [-0.25, -0.2) is 13.9 Å². The molecule has 1 saturated heterocycles. The molecule has 0 aromatic carbocycles. The number of hydrogen-bond donors (Lipinski definition) is 5. The van der Waals surface area contributed by atoms with E-state index in [2.05, 4.69) is 13.8 Å². The van der Waals surface area contributed by atoms with E-state index in [0.29, 0.717) is 5.82 Å². The predicted molar refractivity (Wildman–Crippen MR) is 87.7 cm³/mol. The summed E-state index contributed by atoms with van der Waals surface area (Å²) in [6.45, 7) is -0.861.